The van der Waals surface area contributed by atoms with Crippen LogP contribution in [-0.2, 0) is 6.42 Å². The molecular formula is C13H12BrClOS. The fourth-order valence-corrected chi connectivity index (χ4v) is 3.31. The highest BCUT2D eigenvalue weighted by molar-refractivity contribution is 9.10. The van der Waals surface area contributed by atoms with Crippen LogP contribution in [0, 0.1) is 6.92 Å². The van der Waals surface area contributed by atoms with Crippen LogP contribution in [0.25, 0.3) is 0 Å². The van der Waals surface area contributed by atoms with Gasteiger partial charge in [-0.05, 0) is 51.5 Å². The monoisotopic (exact) mass is 330 g/mol. The van der Waals surface area contributed by atoms with Crippen LogP contribution in [0.2, 0.25) is 5.02 Å². The minimum absolute atomic E-state index is 0.485. The average molecular weight is 332 g/mol. The summed E-state index contributed by atoms with van der Waals surface area (Å²) in [4.78, 5) is 1.16. The molecule has 0 aliphatic carbocycles. The van der Waals surface area contributed by atoms with Gasteiger partial charge >= 0.3 is 0 Å². The fraction of sp³-hybridized carbons (Fsp3) is 0.231. The van der Waals surface area contributed by atoms with Crippen molar-refractivity contribution in [1.82, 2.24) is 0 Å². The minimum atomic E-state index is -0.485. The topological polar surface area (TPSA) is 20.2 Å². The van der Waals surface area contributed by atoms with E-state index in [4.69, 9.17) is 11.6 Å². The third kappa shape index (κ3) is 3.10. The van der Waals surface area contributed by atoms with E-state index in [0.717, 1.165) is 25.5 Å². The lowest BCUT2D eigenvalue weighted by Crippen LogP contribution is -2.01. The predicted octanol–water partition coefficient (Wildman–Crippen LogP) is 4.75. The predicted molar refractivity (Wildman–Crippen MR) is 76.9 cm³/mol. The van der Waals surface area contributed by atoms with Crippen molar-refractivity contribution in [2.75, 3.05) is 0 Å². The van der Waals surface area contributed by atoms with Crippen LogP contribution in [0.3, 0.4) is 0 Å². The first-order chi connectivity index (χ1) is 8.08. The maximum absolute atomic E-state index is 10.2. The molecule has 1 aromatic heterocycles. The van der Waals surface area contributed by atoms with Crippen molar-refractivity contribution in [3.05, 3.63) is 55.1 Å². The van der Waals surface area contributed by atoms with Crippen LogP contribution < -0.4 is 0 Å². The number of rotatable bonds is 3. The molecule has 1 nitrogen and oxygen atoms in total. The van der Waals surface area contributed by atoms with E-state index in [9.17, 15) is 5.11 Å². The third-order valence-electron chi connectivity index (χ3n) is 2.64. The molecule has 0 bridgehead atoms. The molecule has 1 heterocycles. The van der Waals surface area contributed by atoms with E-state index >= 15 is 0 Å². The van der Waals surface area contributed by atoms with E-state index in [1.165, 1.54) is 0 Å². The number of aliphatic hydroxyl groups excluding tert-OH is 1. The van der Waals surface area contributed by atoms with Crippen LogP contribution in [0.1, 0.15) is 22.1 Å². The smallest absolute Gasteiger partial charge is 0.0838 e. The Labute approximate surface area is 118 Å². The van der Waals surface area contributed by atoms with Gasteiger partial charge in [-0.3, -0.25) is 0 Å². The van der Waals surface area contributed by atoms with Crippen molar-refractivity contribution in [2.24, 2.45) is 0 Å². The largest absolute Gasteiger partial charge is 0.388 e. The van der Waals surface area contributed by atoms with Gasteiger partial charge in [0.25, 0.3) is 0 Å². The van der Waals surface area contributed by atoms with E-state index in [1.54, 1.807) is 11.3 Å². The molecule has 1 atom stereocenters. The molecule has 0 saturated carbocycles. The maximum atomic E-state index is 10.2. The Kier molecular flexibility index (Phi) is 4.26. The quantitative estimate of drug-likeness (QED) is 0.860. The number of aryl methyl sites for hydroxylation is 1. The lowest BCUT2D eigenvalue weighted by atomic mass is 10.0. The van der Waals surface area contributed by atoms with Crippen LogP contribution in [0.4, 0.5) is 0 Å². The molecule has 1 aromatic carbocycles. The highest BCUT2D eigenvalue weighted by Crippen LogP contribution is 2.29. The first-order valence-corrected chi connectivity index (χ1v) is 7.29. The van der Waals surface area contributed by atoms with Crippen molar-refractivity contribution in [3.8, 4) is 0 Å². The molecule has 1 unspecified atom stereocenters. The molecule has 17 heavy (non-hydrogen) atoms. The van der Waals surface area contributed by atoms with Crippen LogP contribution in [0.5, 0.6) is 0 Å². The lowest BCUT2D eigenvalue weighted by Gasteiger charge is -2.11. The van der Waals surface area contributed by atoms with E-state index in [2.05, 4.69) is 15.9 Å². The highest BCUT2D eigenvalue weighted by Gasteiger charge is 2.12. The zero-order valence-corrected chi connectivity index (χ0v) is 12.4. The Morgan fingerprint density at radius 1 is 1.41 bits per heavy atom. The van der Waals surface area contributed by atoms with E-state index < -0.39 is 6.10 Å². The molecule has 0 spiro atoms. The summed E-state index contributed by atoms with van der Waals surface area (Å²) in [6.07, 6.45) is 0.139. The summed E-state index contributed by atoms with van der Waals surface area (Å²) >= 11 is 11.1. The van der Waals surface area contributed by atoms with Crippen molar-refractivity contribution in [1.29, 1.82) is 0 Å². The second-order valence-electron chi connectivity index (χ2n) is 3.92. The van der Waals surface area contributed by atoms with Gasteiger partial charge in [0, 0.05) is 20.8 Å². The van der Waals surface area contributed by atoms with Gasteiger partial charge in [-0.25, -0.2) is 0 Å². The summed E-state index contributed by atoms with van der Waals surface area (Å²) < 4.78 is 1.06. The molecule has 0 saturated heterocycles. The normalized spacial score (nSPS) is 12.7. The molecule has 0 radical (unpaired) electrons. The van der Waals surface area contributed by atoms with Gasteiger partial charge in [0.05, 0.1) is 6.10 Å². The Morgan fingerprint density at radius 2 is 2.18 bits per heavy atom. The molecule has 0 amide bonds. The summed E-state index contributed by atoms with van der Waals surface area (Å²) in [5, 5.41) is 12.9. The third-order valence-corrected chi connectivity index (χ3v) is 5.01. The molecule has 2 aromatic rings. The Morgan fingerprint density at radius 3 is 2.76 bits per heavy atom. The second-order valence-corrected chi connectivity index (χ2v) is 6.18. The molecule has 0 fully saturated rings. The van der Waals surface area contributed by atoms with Crippen molar-refractivity contribution < 1.29 is 5.11 Å². The molecule has 0 aliphatic heterocycles. The minimum Gasteiger partial charge on any atom is -0.388 e. The number of aliphatic hydroxyl groups is 1. The van der Waals surface area contributed by atoms with E-state index in [0.29, 0.717) is 6.42 Å². The van der Waals surface area contributed by atoms with Crippen LogP contribution >= 0.6 is 38.9 Å². The van der Waals surface area contributed by atoms with Gasteiger partial charge in [0.1, 0.15) is 0 Å². The molecular weight excluding hydrogens is 320 g/mol. The first-order valence-electron chi connectivity index (χ1n) is 5.24. The fourth-order valence-electron chi connectivity index (χ4n) is 1.64. The summed E-state index contributed by atoms with van der Waals surface area (Å²) in [5.41, 5.74) is 1.90. The number of thiophene rings is 1. The number of halogens is 2. The van der Waals surface area contributed by atoms with Crippen LogP contribution in [-0.4, -0.2) is 5.11 Å². The van der Waals surface area contributed by atoms with E-state index in [-0.39, 0.29) is 0 Å². The second kappa shape index (κ2) is 5.53. The molecule has 4 heteroatoms. The standard InChI is InChI=1S/C13H12BrClOS/c1-8-6-9(2-3-11(8)15)12(16)7-13-10(14)4-5-17-13/h2-6,12,16H,7H2,1H3. The van der Waals surface area contributed by atoms with Crippen LogP contribution in [0.15, 0.2) is 34.1 Å². The Balaban J connectivity index is 2.17. The number of hydrogen-bond donors (Lipinski definition) is 1. The summed E-state index contributed by atoms with van der Waals surface area (Å²) in [6.45, 7) is 1.94. The Bertz CT molecular complexity index is 524. The van der Waals surface area contributed by atoms with Crippen molar-refractivity contribution >= 4 is 38.9 Å². The van der Waals surface area contributed by atoms with Gasteiger partial charge in [0.2, 0.25) is 0 Å². The molecule has 90 valence electrons. The summed E-state index contributed by atoms with van der Waals surface area (Å²) in [5.74, 6) is 0. The number of benzene rings is 1. The first kappa shape index (κ1) is 13.1. The summed E-state index contributed by atoms with van der Waals surface area (Å²) in [7, 11) is 0. The zero-order valence-electron chi connectivity index (χ0n) is 9.28. The van der Waals surface area contributed by atoms with Gasteiger partial charge in [-0.2, -0.15) is 0 Å². The van der Waals surface area contributed by atoms with Gasteiger partial charge in [-0.1, -0.05) is 23.7 Å². The molecule has 0 aliphatic rings. The SMILES string of the molecule is Cc1cc(C(O)Cc2sccc2Br)ccc1Cl. The van der Waals surface area contributed by atoms with Gasteiger partial charge in [0.15, 0.2) is 0 Å². The van der Waals surface area contributed by atoms with Crippen molar-refractivity contribution in [2.45, 2.75) is 19.4 Å². The zero-order chi connectivity index (χ0) is 12.4. The maximum Gasteiger partial charge on any atom is 0.0838 e. The lowest BCUT2D eigenvalue weighted by molar-refractivity contribution is 0.179. The Hall–Kier alpha value is -0.350. The van der Waals surface area contributed by atoms with E-state index in [1.807, 2.05) is 36.6 Å². The molecule has 2 rings (SSSR count). The number of hydrogen-bond acceptors (Lipinski definition) is 2. The summed E-state index contributed by atoms with van der Waals surface area (Å²) in [6, 6.07) is 7.65. The molecule has 1 N–H and O–H groups in total. The van der Waals surface area contributed by atoms with Crippen molar-refractivity contribution in [3.63, 3.8) is 0 Å². The van der Waals surface area contributed by atoms with Gasteiger partial charge < -0.3 is 5.11 Å². The highest BCUT2D eigenvalue weighted by atomic mass is 79.9. The average Bonchev–Trinajstić information content (AvgIpc) is 2.68. The van der Waals surface area contributed by atoms with Gasteiger partial charge in [-0.15, -0.1) is 11.3 Å².